The van der Waals surface area contributed by atoms with E-state index < -0.39 is 10.0 Å². The van der Waals surface area contributed by atoms with Crippen LogP contribution in [0.3, 0.4) is 0 Å². The first-order chi connectivity index (χ1) is 14.9. The molecule has 1 aromatic heterocycles. The van der Waals surface area contributed by atoms with E-state index in [1.54, 1.807) is 12.1 Å². The standard InChI is InChI=1S/C23H22N4O3S/c1-17(28)25-19-11-13-20(14-12-19)31(29,30)24-15-16-27-22-10-6-5-9-21(22)26-23(27)18-7-3-2-4-8-18/h2-14,24H,15-16H2,1H3,(H,25,28). The quantitative estimate of drug-likeness (QED) is 0.464. The van der Waals surface area contributed by atoms with E-state index >= 15 is 0 Å². The predicted octanol–water partition coefficient (Wildman–Crippen LogP) is 3.64. The molecule has 1 amide bonds. The molecular weight excluding hydrogens is 412 g/mol. The summed E-state index contributed by atoms with van der Waals surface area (Å²) in [5, 5.41) is 2.62. The Bertz CT molecular complexity index is 1310. The Hall–Kier alpha value is -3.49. The van der Waals surface area contributed by atoms with Gasteiger partial charge in [0.2, 0.25) is 15.9 Å². The summed E-state index contributed by atoms with van der Waals surface area (Å²) < 4.78 is 30.1. The summed E-state index contributed by atoms with van der Waals surface area (Å²) in [7, 11) is -3.69. The number of nitrogens with one attached hydrogen (secondary N) is 2. The smallest absolute Gasteiger partial charge is 0.240 e. The number of sulfonamides is 1. The molecule has 0 bridgehead atoms. The van der Waals surface area contributed by atoms with Gasteiger partial charge in [0, 0.05) is 31.3 Å². The van der Waals surface area contributed by atoms with Crippen molar-refractivity contribution < 1.29 is 13.2 Å². The largest absolute Gasteiger partial charge is 0.326 e. The maximum atomic E-state index is 12.7. The van der Waals surface area contributed by atoms with Crippen LogP contribution in [-0.2, 0) is 21.4 Å². The summed E-state index contributed by atoms with van der Waals surface area (Å²) in [4.78, 5) is 16.0. The van der Waals surface area contributed by atoms with Crippen LogP contribution in [0, 0.1) is 0 Å². The van der Waals surface area contributed by atoms with E-state index in [9.17, 15) is 13.2 Å². The molecule has 31 heavy (non-hydrogen) atoms. The second-order valence-electron chi connectivity index (χ2n) is 7.05. The number of anilines is 1. The zero-order valence-corrected chi connectivity index (χ0v) is 17.8. The maximum absolute atomic E-state index is 12.7. The van der Waals surface area contributed by atoms with Gasteiger partial charge in [-0.2, -0.15) is 0 Å². The fourth-order valence-corrected chi connectivity index (χ4v) is 4.43. The first-order valence-electron chi connectivity index (χ1n) is 9.82. The third-order valence-electron chi connectivity index (χ3n) is 4.80. The molecule has 0 saturated heterocycles. The van der Waals surface area contributed by atoms with Crippen LogP contribution in [0.25, 0.3) is 22.4 Å². The van der Waals surface area contributed by atoms with Gasteiger partial charge in [-0.1, -0.05) is 42.5 Å². The molecule has 3 aromatic carbocycles. The van der Waals surface area contributed by atoms with Gasteiger partial charge in [-0.05, 0) is 36.4 Å². The summed E-state index contributed by atoms with van der Waals surface area (Å²) >= 11 is 0. The number of hydrogen-bond donors (Lipinski definition) is 2. The van der Waals surface area contributed by atoms with E-state index in [2.05, 4.69) is 10.0 Å². The van der Waals surface area contributed by atoms with Gasteiger partial charge in [0.05, 0.1) is 15.9 Å². The Morgan fingerprint density at radius 3 is 2.32 bits per heavy atom. The molecule has 158 valence electrons. The topological polar surface area (TPSA) is 93.1 Å². The number of carbonyl (C=O) groups is 1. The third kappa shape index (κ3) is 4.65. The Morgan fingerprint density at radius 1 is 0.935 bits per heavy atom. The van der Waals surface area contributed by atoms with Crippen molar-refractivity contribution in [2.24, 2.45) is 0 Å². The average Bonchev–Trinajstić information content (AvgIpc) is 3.13. The van der Waals surface area contributed by atoms with Crippen molar-refractivity contribution >= 4 is 32.7 Å². The molecule has 0 aliphatic rings. The lowest BCUT2D eigenvalue weighted by Gasteiger charge is -2.11. The molecule has 0 aliphatic heterocycles. The number of amides is 1. The highest BCUT2D eigenvalue weighted by atomic mass is 32.2. The minimum absolute atomic E-state index is 0.139. The molecule has 0 spiro atoms. The van der Waals surface area contributed by atoms with Crippen LogP contribution in [0.5, 0.6) is 0 Å². The molecule has 4 aromatic rings. The molecule has 0 fully saturated rings. The van der Waals surface area contributed by atoms with Crippen molar-refractivity contribution in [3.63, 3.8) is 0 Å². The number of rotatable bonds is 7. The second kappa shape index (κ2) is 8.71. The van der Waals surface area contributed by atoms with E-state index in [4.69, 9.17) is 4.98 Å². The number of para-hydroxylation sites is 2. The van der Waals surface area contributed by atoms with Crippen molar-refractivity contribution in [2.45, 2.75) is 18.4 Å². The van der Waals surface area contributed by atoms with Crippen LogP contribution in [0.1, 0.15) is 6.92 Å². The molecule has 1 heterocycles. The number of aromatic nitrogens is 2. The van der Waals surface area contributed by atoms with Crippen molar-refractivity contribution in [2.75, 3.05) is 11.9 Å². The van der Waals surface area contributed by atoms with Crippen LogP contribution in [0.2, 0.25) is 0 Å². The Labute approximate surface area is 180 Å². The number of nitrogens with zero attached hydrogens (tertiary/aromatic N) is 2. The molecule has 0 unspecified atom stereocenters. The maximum Gasteiger partial charge on any atom is 0.240 e. The average molecular weight is 435 g/mol. The zero-order valence-electron chi connectivity index (χ0n) is 16.9. The normalized spacial score (nSPS) is 11.5. The number of benzene rings is 3. The monoisotopic (exact) mass is 434 g/mol. The summed E-state index contributed by atoms with van der Waals surface area (Å²) in [6, 6.07) is 23.7. The SMILES string of the molecule is CC(=O)Nc1ccc(S(=O)(=O)NCCn2c(-c3ccccc3)nc3ccccc32)cc1. The van der Waals surface area contributed by atoms with Crippen LogP contribution in [0.4, 0.5) is 5.69 Å². The second-order valence-corrected chi connectivity index (χ2v) is 8.81. The lowest BCUT2D eigenvalue weighted by molar-refractivity contribution is -0.114. The van der Waals surface area contributed by atoms with E-state index in [0.29, 0.717) is 12.2 Å². The van der Waals surface area contributed by atoms with Crippen LogP contribution >= 0.6 is 0 Å². The Kier molecular flexibility index (Phi) is 5.83. The van der Waals surface area contributed by atoms with Gasteiger partial charge >= 0.3 is 0 Å². The number of imidazole rings is 1. The molecular formula is C23H22N4O3S. The number of fused-ring (bicyclic) bond motifs is 1. The van der Waals surface area contributed by atoms with Gasteiger partial charge in [0.1, 0.15) is 5.82 Å². The van der Waals surface area contributed by atoms with Gasteiger partial charge in [0.15, 0.2) is 0 Å². The van der Waals surface area contributed by atoms with Gasteiger partial charge in [0.25, 0.3) is 0 Å². The van der Waals surface area contributed by atoms with Crippen molar-refractivity contribution in [1.82, 2.24) is 14.3 Å². The Morgan fingerprint density at radius 2 is 1.61 bits per heavy atom. The number of hydrogen-bond acceptors (Lipinski definition) is 4. The zero-order chi connectivity index (χ0) is 21.8. The molecule has 7 nitrogen and oxygen atoms in total. The highest BCUT2D eigenvalue weighted by Crippen LogP contribution is 2.24. The third-order valence-corrected chi connectivity index (χ3v) is 6.28. The minimum atomic E-state index is -3.69. The van der Waals surface area contributed by atoms with Gasteiger partial charge < -0.3 is 9.88 Å². The summed E-state index contributed by atoms with van der Waals surface area (Å²) in [5.41, 5.74) is 3.32. The molecule has 2 N–H and O–H groups in total. The molecule has 0 atom stereocenters. The van der Waals surface area contributed by atoms with E-state index in [1.165, 1.54) is 19.1 Å². The van der Waals surface area contributed by atoms with E-state index in [1.807, 2.05) is 59.2 Å². The summed E-state index contributed by atoms with van der Waals surface area (Å²) in [5.74, 6) is 0.580. The first kappa shape index (κ1) is 20.8. The van der Waals surface area contributed by atoms with E-state index in [-0.39, 0.29) is 17.3 Å². The first-order valence-corrected chi connectivity index (χ1v) is 11.3. The fourth-order valence-electron chi connectivity index (χ4n) is 3.41. The molecule has 8 heteroatoms. The highest BCUT2D eigenvalue weighted by Gasteiger charge is 2.16. The molecule has 0 radical (unpaired) electrons. The van der Waals surface area contributed by atoms with Gasteiger partial charge in [-0.15, -0.1) is 0 Å². The predicted molar refractivity (Wildman–Crippen MR) is 121 cm³/mol. The molecule has 0 saturated carbocycles. The minimum Gasteiger partial charge on any atom is -0.326 e. The highest BCUT2D eigenvalue weighted by molar-refractivity contribution is 7.89. The molecule has 4 rings (SSSR count). The number of carbonyl (C=O) groups excluding carboxylic acids is 1. The van der Waals surface area contributed by atoms with Crippen molar-refractivity contribution in [1.29, 1.82) is 0 Å². The summed E-state index contributed by atoms with van der Waals surface area (Å²) in [6.07, 6.45) is 0. The lowest BCUT2D eigenvalue weighted by atomic mass is 10.2. The lowest BCUT2D eigenvalue weighted by Crippen LogP contribution is -2.27. The summed E-state index contributed by atoms with van der Waals surface area (Å²) in [6.45, 7) is 2.03. The van der Waals surface area contributed by atoms with Crippen molar-refractivity contribution in [3.8, 4) is 11.4 Å². The Balaban J connectivity index is 1.53. The van der Waals surface area contributed by atoms with Crippen molar-refractivity contribution in [3.05, 3.63) is 78.9 Å². The van der Waals surface area contributed by atoms with Crippen LogP contribution in [-0.4, -0.2) is 30.4 Å². The van der Waals surface area contributed by atoms with E-state index in [0.717, 1.165) is 22.4 Å². The van der Waals surface area contributed by atoms with Crippen LogP contribution in [0.15, 0.2) is 83.8 Å². The van der Waals surface area contributed by atoms with Gasteiger partial charge in [-0.3, -0.25) is 4.79 Å². The van der Waals surface area contributed by atoms with Gasteiger partial charge in [-0.25, -0.2) is 18.1 Å². The molecule has 0 aliphatic carbocycles. The van der Waals surface area contributed by atoms with Crippen LogP contribution < -0.4 is 10.0 Å². The fraction of sp³-hybridized carbons (Fsp3) is 0.130.